The van der Waals surface area contributed by atoms with Crippen LogP contribution in [0.4, 0.5) is 5.69 Å². The molecule has 1 aliphatic carbocycles. The highest BCUT2D eigenvalue weighted by atomic mass is 35.5. The van der Waals surface area contributed by atoms with Gasteiger partial charge in [-0.1, -0.05) is 48.7 Å². The van der Waals surface area contributed by atoms with Crippen LogP contribution in [0.25, 0.3) is 0 Å². The minimum Gasteiger partial charge on any atom is -0.435 e. The Morgan fingerprint density at radius 1 is 1.05 bits per heavy atom. The summed E-state index contributed by atoms with van der Waals surface area (Å²) in [5, 5.41) is 0.860. The Balaban J connectivity index is 1.19. The molecule has 4 aliphatic heterocycles. The molecule has 5 fully saturated rings. The third-order valence-corrected chi connectivity index (χ3v) is 9.05. The van der Waals surface area contributed by atoms with Crippen molar-refractivity contribution in [2.24, 2.45) is 23.7 Å². The lowest BCUT2D eigenvalue weighted by Gasteiger charge is -2.59. The molecule has 37 heavy (non-hydrogen) atoms. The Bertz CT molecular complexity index is 1050. The van der Waals surface area contributed by atoms with Crippen LogP contribution in [-0.4, -0.2) is 35.8 Å². The number of carbonyl (C=O) groups excluding carboxylic acids is 2. The molecule has 1 amide bonds. The Kier molecular flexibility index (Phi) is 7.61. The minimum absolute atomic E-state index is 0.0364. The molecule has 204 valence electrons. The van der Waals surface area contributed by atoms with Gasteiger partial charge in [-0.3, -0.25) is 20.4 Å². The summed E-state index contributed by atoms with van der Waals surface area (Å²) < 4.78 is 18.2. The molecule has 0 aromatic heterocycles. The number of esters is 1. The molecule has 1 aromatic rings. The number of amides is 1. The highest BCUT2D eigenvalue weighted by molar-refractivity contribution is 6.41. The summed E-state index contributed by atoms with van der Waals surface area (Å²) in [5.41, 5.74) is 4.71. The van der Waals surface area contributed by atoms with Crippen LogP contribution < -0.4 is 10.9 Å². The van der Waals surface area contributed by atoms with E-state index in [2.05, 4.69) is 17.8 Å². The molecule has 0 radical (unpaired) electrons. The standard InChI is InChI=1S/C25H31Cl3N2O7/c1-12-4-5-16-13(2)22(34-23-25(16)15(12)8-9-24(3,35-23)36-37-25)33-20(32)7-6-19(31)29-30-21-17(27)10-14(26)11-18(21)28/h10-13,15-16,22-23,30H,4-9H2,1-3H3,(H,29,31)/t12-,13-,15+,16-,22-,23-,24-,25-/m1/s1. The summed E-state index contributed by atoms with van der Waals surface area (Å²) >= 11 is 18.1. The van der Waals surface area contributed by atoms with E-state index < -0.39 is 35.8 Å². The summed E-state index contributed by atoms with van der Waals surface area (Å²) in [6.07, 6.45) is 1.77. The van der Waals surface area contributed by atoms with Crippen LogP contribution in [0.5, 0.6) is 0 Å². The van der Waals surface area contributed by atoms with E-state index in [1.807, 2.05) is 13.8 Å². The molecule has 4 heterocycles. The van der Waals surface area contributed by atoms with Crippen LogP contribution in [0.3, 0.4) is 0 Å². The molecule has 8 atom stereocenters. The number of nitrogens with one attached hydrogen (secondary N) is 2. The fourth-order valence-electron chi connectivity index (χ4n) is 6.27. The SMILES string of the molecule is C[C@H]1[C@H](OC(=O)CCC(=O)NNc2c(Cl)cc(Cl)cc2Cl)O[C@@H]2O[C@@]3(C)CC[C@H]4[C@H](C)CC[C@H]1[C@@]24OO3. The van der Waals surface area contributed by atoms with Gasteiger partial charge in [0.1, 0.15) is 0 Å². The van der Waals surface area contributed by atoms with E-state index in [4.69, 9.17) is 58.8 Å². The third kappa shape index (κ3) is 5.04. The lowest BCUT2D eigenvalue weighted by Crippen LogP contribution is -2.70. The van der Waals surface area contributed by atoms with Crippen molar-refractivity contribution in [3.8, 4) is 0 Å². The fourth-order valence-corrected chi connectivity index (χ4v) is 7.18. The zero-order valence-electron chi connectivity index (χ0n) is 20.9. The second kappa shape index (κ2) is 10.3. The van der Waals surface area contributed by atoms with E-state index in [1.54, 1.807) is 0 Å². The average molecular weight is 578 g/mol. The van der Waals surface area contributed by atoms with Gasteiger partial charge in [0.15, 0.2) is 11.9 Å². The number of halogens is 3. The maximum atomic E-state index is 12.7. The number of hydrogen-bond donors (Lipinski definition) is 2. The smallest absolute Gasteiger partial charge is 0.308 e. The second-order valence-electron chi connectivity index (χ2n) is 10.7. The molecule has 1 spiro atoms. The van der Waals surface area contributed by atoms with Gasteiger partial charge in [-0.25, -0.2) is 9.78 Å². The minimum atomic E-state index is -0.909. The molecule has 9 nitrogen and oxygen atoms in total. The monoisotopic (exact) mass is 576 g/mol. The number of benzene rings is 1. The van der Waals surface area contributed by atoms with Gasteiger partial charge in [0.2, 0.25) is 18.0 Å². The second-order valence-corrected chi connectivity index (χ2v) is 11.9. The van der Waals surface area contributed by atoms with Crippen molar-refractivity contribution in [2.75, 3.05) is 5.43 Å². The van der Waals surface area contributed by atoms with Crippen LogP contribution in [0, 0.1) is 23.7 Å². The van der Waals surface area contributed by atoms with Gasteiger partial charge in [0.25, 0.3) is 0 Å². The fraction of sp³-hybridized carbons (Fsp3) is 0.680. The third-order valence-electron chi connectivity index (χ3n) is 8.23. The average Bonchev–Trinajstić information content (AvgIpc) is 3.06. The zero-order chi connectivity index (χ0) is 26.5. The number of carbonyl (C=O) groups is 2. The van der Waals surface area contributed by atoms with Crippen LogP contribution >= 0.6 is 34.8 Å². The molecule has 5 aliphatic rings. The summed E-state index contributed by atoms with van der Waals surface area (Å²) in [7, 11) is 0. The molecular formula is C25H31Cl3N2O7. The van der Waals surface area contributed by atoms with Gasteiger partial charge in [-0.15, -0.1) is 0 Å². The van der Waals surface area contributed by atoms with E-state index in [9.17, 15) is 9.59 Å². The van der Waals surface area contributed by atoms with Crippen molar-refractivity contribution in [3.63, 3.8) is 0 Å². The van der Waals surface area contributed by atoms with E-state index in [0.29, 0.717) is 23.0 Å². The molecule has 6 rings (SSSR count). The summed E-state index contributed by atoms with van der Waals surface area (Å²) in [4.78, 5) is 36.9. The number of hydrazine groups is 1. The Morgan fingerprint density at radius 3 is 2.51 bits per heavy atom. The number of fused-ring (bicyclic) bond motifs is 2. The maximum absolute atomic E-state index is 12.7. The van der Waals surface area contributed by atoms with Crippen molar-refractivity contribution >= 4 is 52.4 Å². The van der Waals surface area contributed by atoms with Crippen molar-refractivity contribution in [2.45, 2.75) is 83.3 Å². The van der Waals surface area contributed by atoms with E-state index >= 15 is 0 Å². The van der Waals surface area contributed by atoms with E-state index in [0.717, 1.165) is 19.3 Å². The molecule has 2 N–H and O–H groups in total. The number of ether oxygens (including phenoxy) is 3. The van der Waals surface area contributed by atoms with Crippen LogP contribution in [0.1, 0.15) is 59.3 Å². The summed E-state index contributed by atoms with van der Waals surface area (Å²) in [5.74, 6) is -1.35. The van der Waals surface area contributed by atoms with Gasteiger partial charge in [-0.2, -0.15) is 0 Å². The predicted octanol–water partition coefficient (Wildman–Crippen LogP) is 5.62. The molecule has 1 saturated carbocycles. The van der Waals surface area contributed by atoms with Crippen LogP contribution in [0.15, 0.2) is 12.1 Å². The normalized spacial score (nSPS) is 38.3. The zero-order valence-corrected chi connectivity index (χ0v) is 23.1. The molecule has 0 unspecified atom stereocenters. The molecule has 4 saturated heterocycles. The first kappa shape index (κ1) is 27.2. The van der Waals surface area contributed by atoms with Crippen molar-refractivity contribution in [1.29, 1.82) is 0 Å². The predicted molar refractivity (Wildman–Crippen MR) is 135 cm³/mol. The molecule has 1 aromatic carbocycles. The van der Waals surface area contributed by atoms with Gasteiger partial charge in [-0.05, 0) is 50.2 Å². The summed E-state index contributed by atoms with van der Waals surface area (Å²) in [6.45, 7) is 6.08. The van der Waals surface area contributed by atoms with Crippen molar-refractivity contribution in [3.05, 3.63) is 27.2 Å². The number of anilines is 1. The first-order valence-corrected chi connectivity index (χ1v) is 13.7. The van der Waals surface area contributed by atoms with Gasteiger partial charge in [0.05, 0.1) is 22.2 Å². The lowest BCUT2D eigenvalue weighted by atomic mass is 9.58. The van der Waals surface area contributed by atoms with E-state index in [1.165, 1.54) is 12.1 Å². The lowest BCUT2D eigenvalue weighted by molar-refractivity contribution is -0.576. The maximum Gasteiger partial charge on any atom is 0.308 e. The van der Waals surface area contributed by atoms with Crippen LogP contribution in [0.2, 0.25) is 15.1 Å². The van der Waals surface area contributed by atoms with Crippen molar-refractivity contribution in [1.82, 2.24) is 5.43 Å². The Morgan fingerprint density at radius 2 is 1.78 bits per heavy atom. The topological polar surface area (TPSA) is 104 Å². The van der Waals surface area contributed by atoms with Crippen molar-refractivity contribution < 1.29 is 33.6 Å². The van der Waals surface area contributed by atoms with Crippen LogP contribution in [-0.2, 0) is 33.6 Å². The molecular weight excluding hydrogens is 547 g/mol. The highest BCUT2D eigenvalue weighted by Gasteiger charge is 2.69. The first-order chi connectivity index (χ1) is 17.5. The number of hydrogen-bond acceptors (Lipinski definition) is 8. The summed E-state index contributed by atoms with van der Waals surface area (Å²) in [6, 6.07) is 2.99. The quantitative estimate of drug-likeness (QED) is 0.255. The molecule has 12 heteroatoms. The Hall–Kier alpha value is -1.33. The highest BCUT2D eigenvalue weighted by Crippen LogP contribution is 2.60. The number of rotatable bonds is 6. The Labute approximate surface area is 230 Å². The molecule has 2 bridgehead atoms. The largest absolute Gasteiger partial charge is 0.435 e. The van der Waals surface area contributed by atoms with Gasteiger partial charge >= 0.3 is 5.97 Å². The van der Waals surface area contributed by atoms with Gasteiger partial charge < -0.3 is 14.2 Å². The van der Waals surface area contributed by atoms with Gasteiger partial charge in [0, 0.05) is 29.7 Å². The first-order valence-electron chi connectivity index (χ1n) is 12.6. The van der Waals surface area contributed by atoms with E-state index in [-0.39, 0.29) is 40.6 Å².